The fraction of sp³-hybridized carbons (Fsp3) is 0.118. The van der Waals surface area contributed by atoms with E-state index in [-0.39, 0.29) is 11.4 Å². The van der Waals surface area contributed by atoms with Crippen LogP contribution in [0.1, 0.15) is 11.3 Å². The van der Waals surface area contributed by atoms with Crippen LogP contribution in [0.25, 0.3) is 22.0 Å². The fourth-order valence-electron chi connectivity index (χ4n) is 2.55. The molecule has 0 aliphatic carbocycles. The third-order valence-electron chi connectivity index (χ3n) is 3.69. The Balaban J connectivity index is 2.02. The molecule has 0 saturated carbocycles. The molecule has 0 bridgehead atoms. The second-order valence-electron chi connectivity index (χ2n) is 5.18. The Kier molecular flexibility index (Phi) is 4.51. The highest BCUT2D eigenvalue weighted by Gasteiger charge is 2.10. The molecule has 1 atom stereocenters. The molecule has 0 aliphatic rings. The highest BCUT2D eigenvalue weighted by atomic mass is 32.2. The number of hydrogen-bond acceptors (Lipinski definition) is 5. The minimum absolute atomic E-state index is 0.117. The molecule has 7 heteroatoms. The van der Waals surface area contributed by atoms with Crippen molar-refractivity contribution in [1.29, 1.82) is 5.26 Å². The van der Waals surface area contributed by atoms with Crippen molar-refractivity contribution in [3.05, 3.63) is 53.7 Å². The summed E-state index contributed by atoms with van der Waals surface area (Å²) in [5.74, 6) is 0.117. The molecule has 0 aliphatic heterocycles. The fourth-order valence-corrected chi connectivity index (χ4v) is 3.03. The summed E-state index contributed by atoms with van der Waals surface area (Å²) in [4.78, 5) is 0. The summed E-state index contributed by atoms with van der Waals surface area (Å²) in [6, 6.07) is 15.3. The van der Waals surface area contributed by atoms with Gasteiger partial charge in [-0.25, -0.2) is 4.21 Å². The molecule has 3 rings (SSSR count). The van der Waals surface area contributed by atoms with E-state index >= 15 is 0 Å². The number of nitriles is 1. The van der Waals surface area contributed by atoms with Gasteiger partial charge in [0.05, 0.1) is 17.0 Å². The summed E-state index contributed by atoms with van der Waals surface area (Å²) in [6.45, 7) is 0. The normalized spacial score (nSPS) is 11.9. The van der Waals surface area contributed by atoms with Crippen molar-refractivity contribution in [2.75, 3.05) is 12.4 Å². The van der Waals surface area contributed by atoms with Crippen molar-refractivity contribution in [2.24, 2.45) is 0 Å². The van der Waals surface area contributed by atoms with Crippen LogP contribution in [-0.2, 0) is 16.8 Å². The van der Waals surface area contributed by atoms with Crippen molar-refractivity contribution in [3.63, 3.8) is 0 Å². The highest BCUT2D eigenvalue weighted by Crippen LogP contribution is 2.28. The summed E-state index contributed by atoms with van der Waals surface area (Å²) in [5, 5.41) is 21.0. The van der Waals surface area contributed by atoms with Crippen LogP contribution < -0.4 is 5.32 Å². The van der Waals surface area contributed by atoms with E-state index in [1.165, 1.54) is 0 Å². The molecule has 0 fully saturated rings. The van der Waals surface area contributed by atoms with Gasteiger partial charge < -0.3 is 9.87 Å². The van der Waals surface area contributed by atoms with Crippen LogP contribution >= 0.6 is 0 Å². The number of hydrogen-bond donors (Lipinski definition) is 2. The topological polar surface area (TPSA) is 98.9 Å². The number of rotatable bonds is 4. The molecule has 120 valence electrons. The van der Waals surface area contributed by atoms with Gasteiger partial charge in [0.1, 0.15) is 6.07 Å². The number of nitrogens with zero attached hydrogens (tertiary/aromatic N) is 3. The largest absolute Gasteiger partial charge is 0.385 e. The lowest BCUT2D eigenvalue weighted by Gasteiger charge is -2.08. The Bertz CT molecular complexity index is 965. The van der Waals surface area contributed by atoms with Crippen LogP contribution in [0.5, 0.6) is 0 Å². The van der Waals surface area contributed by atoms with Crippen LogP contribution in [0.3, 0.4) is 0 Å². The quantitative estimate of drug-likeness (QED) is 0.710. The third kappa shape index (κ3) is 3.11. The average molecular weight is 338 g/mol. The van der Waals surface area contributed by atoms with E-state index in [1.807, 2.05) is 48.5 Å². The maximum atomic E-state index is 10.8. The van der Waals surface area contributed by atoms with Crippen LogP contribution in [0.2, 0.25) is 0 Å². The van der Waals surface area contributed by atoms with Crippen LogP contribution in [0.15, 0.2) is 42.5 Å². The van der Waals surface area contributed by atoms with Gasteiger partial charge in [-0.15, -0.1) is 10.2 Å². The number of nitrogens with one attached hydrogen (secondary N) is 1. The molecule has 1 heterocycles. The van der Waals surface area contributed by atoms with E-state index in [1.54, 1.807) is 7.05 Å². The second kappa shape index (κ2) is 6.74. The number of benzene rings is 2. The summed E-state index contributed by atoms with van der Waals surface area (Å²) >= 11 is -1.84. The molecular formula is C17H14N4O2S. The smallest absolute Gasteiger partial charge is 0.186 e. The SMILES string of the molecule is CNc1c(C#N)nnc2cc(-c3ccc(CS(=O)O)cc3)ccc12. The van der Waals surface area contributed by atoms with Crippen LogP contribution in [0.4, 0.5) is 5.69 Å². The Morgan fingerprint density at radius 1 is 1.17 bits per heavy atom. The van der Waals surface area contributed by atoms with Gasteiger partial charge in [-0.2, -0.15) is 5.26 Å². The summed E-state index contributed by atoms with van der Waals surface area (Å²) in [6.07, 6.45) is 0. The molecule has 3 aromatic rings. The first-order valence-electron chi connectivity index (χ1n) is 7.17. The van der Waals surface area contributed by atoms with Crippen molar-refractivity contribution in [3.8, 4) is 17.2 Å². The summed E-state index contributed by atoms with van der Waals surface area (Å²) < 4.78 is 19.8. The van der Waals surface area contributed by atoms with Crippen molar-refractivity contribution in [2.45, 2.75) is 5.75 Å². The third-order valence-corrected chi connectivity index (χ3v) is 4.28. The standard InChI is InChI=1S/C17H14N4O2S/c1-19-17-14-7-6-13(8-15(14)20-21-16(17)9-18)12-4-2-11(3-5-12)10-24(22)23/h2-8H,10H2,1H3,(H,19,20)(H,22,23). The van der Waals surface area contributed by atoms with Crippen molar-refractivity contribution in [1.82, 2.24) is 10.2 Å². The van der Waals surface area contributed by atoms with Crippen LogP contribution in [-0.4, -0.2) is 26.0 Å². The average Bonchev–Trinajstić information content (AvgIpc) is 2.60. The number of fused-ring (bicyclic) bond motifs is 1. The van der Waals surface area contributed by atoms with Crippen molar-refractivity contribution >= 4 is 27.7 Å². The monoisotopic (exact) mass is 338 g/mol. The van der Waals surface area contributed by atoms with Crippen molar-refractivity contribution < 1.29 is 8.76 Å². The van der Waals surface area contributed by atoms with Gasteiger partial charge in [0.15, 0.2) is 16.8 Å². The predicted octanol–water partition coefficient (Wildman–Crippen LogP) is 2.93. The summed E-state index contributed by atoms with van der Waals surface area (Å²) in [5.41, 5.74) is 4.35. The second-order valence-corrected chi connectivity index (χ2v) is 6.11. The molecular weight excluding hydrogens is 324 g/mol. The Morgan fingerprint density at radius 2 is 1.88 bits per heavy atom. The van der Waals surface area contributed by atoms with E-state index in [0.29, 0.717) is 11.2 Å². The van der Waals surface area contributed by atoms with E-state index in [9.17, 15) is 4.21 Å². The van der Waals surface area contributed by atoms with E-state index in [2.05, 4.69) is 15.5 Å². The zero-order valence-electron chi connectivity index (χ0n) is 12.9. The van der Waals surface area contributed by atoms with E-state index < -0.39 is 11.1 Å². The zero-order chi connectivity index (χ0) is 17.1. The Hall–Kier alpha value is -2.82. The van der Waals surface area contributed by atoms with E-state index in [0.717, 1.165) is 22.1 Å². The van der Waals surface area contributed by atoms with Gasteiger partial charge in [0.2, 0.25) is 0 Å². The predicted molar refractivity (Wildman–Crippen MR) is 93.7 cm³/mol. The zero-order valence-corrected chi connectivity index (χ0v) is 13.7. The Labute approximate surface area is 141 Å². The molecule has 6 nitrogen and oxygen atoms in total. The molecule has 0 saturated heterocycles. The first kappa shape index (κ1) is 16.1. The molecule has 1 unspecified atom stereocenters. The lowest BCUT2D eigenvalue weighted by Crippen LogP contribution is -1.99. The Morgan fingerprint density at radius 3 is 2.50 bits per heavy atom. The van der Waals surface area contributed by atoms with Gasteiger partial charge in [-0.1, -0.05) is 30.3 Å². The molecule has 2 N–H and O–H groups in total. The minimum atomic E-state index is -1.84. The first-order valence-corrected chi connectivity index (χ1v) is 8.45. The molecule has 1 aromatic heterocycles. The highest BCUT2D eigenvalue weighted by molar-refractivity contribution is 7.78. The lowest BCUT2D eigenvalue weighted by atomic mass is 10.0. The number of anilines is 1. The van der Waals surface area contributed by atoms with Gasteiger partial charge in [0.25, 0.3) is 0 Å². The van der Waals surface area contributed by atoms with Gasteiger partial charge >= 0.3 is 0 Å². The molecule has 0 spiro atoms. The maximum absolute atomic E-state index is 10.8. The molecule has 0 amide bonds. The van der Waals surface area contributed by atoms with Gasteiger partial charge in [0, 0.05) is 12.4 Å². The molecule has 0 radical (unpaired) electrons. The minimum Gasteiger partial charge on any atom is -0.385 e. The molecule has 2 aromatic carbocycles. The number of aromatic nitrogens is 2. The van der Waals surface area contributed by atoms with Crippen LogP contribution in [0, 0.1) is 11.3 Å². The van der Waals surface area contributed by atoms with E-state index in [4.69, 9.17) is 9.81 Å². The van der Waals surface area contributed by atoms with Gasteiger partial charge in [-0.3, -0.25) is 0 Å². The molecule has 24 heavy (non-hydrogen) atoms. The first-order chi connectivity index (χ1) is 11.6. The maximum Gasteiger partial charge on any atom is 0.186 e. The lowest BCUT2D eigenvalue weighted by molar-refractivity contribution is 0.563. The summed E-state index contributed by atoms with van der Waals surface area (Å²) in [7, 11) is 1.75. The van der Waals surface area contributed by atoms with Gasteiger partial charge in [-0.05, 0) is 28.8 Å².